The van der Waals surface area contributed by atoms with Gasteiger partial charge in [-0.1, -0.05) is 6.42 Å². The van der Waals surface area contributed by atoms with E-state index in [9.17, 15) is 12.8 Å². The fourth-order valence-electron chi connectivity index (χ4n) is 5.92. The summed E-state index contributed by atoms with van der Waals surface area (Å²) in [7, 11) is -3.23. The number of halogens is 2. The molecule has 0 amide bonds. The van der Waals surface area contributed by atoms with E-state index in [4.69, 9.17) is 4.98 Å². The zero-order chi connectivity index (χ0) is 31.1. The lowest BCUT2D eigenvalue weighted by atomic mass is 10.0. The number of fused-ring (bicyclic) bond motifs is 2. The molecule has 0 radical (unpaired) electrons. The third-order valence-corrected chi connectivity index (χ3v) is 9.06. The first-order valence-corrected chi connectivity index (χ1v) is 16.8. The summed E-state index contributed by atoms with van der Waals surface area (Å²) in [6, 6.07) is 8.02. The van der Waals surface area contributed by atoms with Crippen molar-refractivity contribution in [3.63, 3.8) is 0 Å². The molecule has 0 aliphatic carbocycles. The van der Waals surface area contributed by atoms with Gasteiger partial charge in [-0.3, -0.25) is 20.0 Å². The molecule has 6 aromatic rings. The lowest BCUT2D eigenvalue weighted by molar-refractivity contribution is 0.220. The molecule has 7 rings (SSSR count). The Morgan fingerprint density at radius 2 is 1.78 bits per heavy atom. The number of rotatable bonds is 8. The van der Waals surface area contributed by atoms with Gasteiger partial charge in [-0.15, -0.1) is 0 Å². The Labute approximate surface area is 257 Å². The first-order chi connectivity index (χ1) is 21.7. The molecule has 45 heavy (non-hydrogen) atoms. The maximum atomic E-state index is 16.3. The van der Waals surface area contributed by atoms with Crippen LogP contribution in [0.1, 0.15) is 30.4 Å². The number of H-pyrrole nitrogens is 2. The van der Waals surface area contributed by atoms with E-state index < -0.39 is 21.5 Å². The van der Waals surface area contributed by atoms with E-state index >= 15 is 4.39 Å². The fourth-order valence-corrected chi connectivity index (χ4v) is 6.53. The number of aromatic nitrogens is 7. The number of aromatic amines is 2. The number of imidazole rings is 1. The van der Waals surface area contributed by atoms with E-state index in [0.29, 0.717) is 50.5 Å². The van der Waals surface area contributed by atoms with Crippen LogP contribution in [-0.4, -0.2) is 73.5 Å². The summed E-state index contributed by atoms with van der Waals surface area (Å²) in [6.45, 7) is 2.85. The van der Waals surface area contributed by atoms with Crippen molar-refractivity contribution in [1.29, 1.82) is 0 Å². The molecular weight excluding hydrogens is 598 g/mol. The minimum absolute atomic E-state index is 0.104. The second kappa shape index (κ2) is 11.7. The van der Waals surface area contributed by atoms with E-state index in [1.807, 2.05) is 12.3 Å². The summed E-state index contributed by atoms with van der Waals surface area (Å²) in [6.07, 6.45) is 11.4. The summed E-state index contributed by atoms with van der Waals surface area (Å²) >= 11 is 0. The molecule has 0 atom stereocenters. The largest absolute Gasteiger partial charge is 0.337 e. The maximum Gasteiger partial charge on any atom is 0.184 e. The minimum atomic E-state index is -3.23. The van der Waals surface area contributed by atoms with E-state index in [1.165, 1.54) is 37.6 Å². The van der Waals surface area contributed by atoms with Crippen LogP contribution in [0.5, 0.6) is 0 Å². The van der Waals surface area contributed by atoms with Crippen LogP contribution < -0.4 is 0 Å². The predicted octanol–water partition coefficient (Wildman–Crippen LogP) is 5.48. The first-order valence-electron chi connectivity index (χ1n) is 14.7. The Bertz CT molecular complexity index is 2160. The maximum absolute atomic E-state index is 16.3. The molecule has 13 heteroatoms. The average Bonchev–Trinajstić information content (AvgIpc) is 3.65. The highest BCUT2D eigenvalue weighted by molar-refractivity contribution is 7.90. The SMILES string of the molecule is CS(=O)(=O)CCc1cc(F)cc(-c2nccc3[nH]c(-c4[nH]nc5ncc(-c6cncc(CN7CCCCC7)c6)c(F)c45)nc23)c1. The molecule has 1 aliphatic rings. The van der Waals surface area contributed by atoms with Crippen molar-refractivity contribution in [3.05, 3.63) is 77.9 Å². The predicted molar refractivity (Wildman–Crippen MR) is 168 cm³/mol. The van der Waals surface area contributed by atoms with Crippen molar-refractivity contribution < 1.29 is 17.2 Å². The Morgan fingerprint density at radius 1 is 0.956 bits per heavy atom. The van der Waals surface area contributed by atoms with Crippen molar-refractivity contribution in [2.24, 2.45) is 0 Å². The summed E-state index contributed by atoms with van der Waals surface area (Å²) in [4.78, 5) is 23.6. The van der Waals surface area contributed by atoms with Gasteiger partial charge >= 0.3 is 0 Å². The number of sulfone groups is 1. The van der Waals surface area contributed by atoms with Gasteiger partial charge in [0.15, 0.2) is 11.5 Å². The quantitative estimate of drug-likeness (QED) is 0.227. The second-order valence-electron chi connectivity index (χ2n) is 11.6. The third-order valence-electron chi connectivity index (χ3n) is 8.11. The Morgan fingerprint density at radius 3 is 2.60 bits per heavy atom. The topological polar surface area (TPSA) is 133 Å². The zero-order valence-electron chi connectivity index (χ0n) is 24.5. The number of likely N-dealkylation sites (tertiary alicyclic amines) is 1. The van der Waals surface area contributed by atoms with Crippen molar-refractivity contribution in [1.82, 2.24) is 40.0 Å². The molecule has 0 bridgehead atoms. The highest BCUT2D eigenvalue weighted by Gasteiger charge is 2.22. The van der Waals surface area contributed by atoms with E-state index in [2.05, 4.69) is 35.0 Å². The number of nitrogens with one attached hydrogen (secondary N) is 2. The molecule has 0 saturated carbocycles. The highest BCUT2D eigenvalue weighted by Crippen LogP contribution is 2.34. The van der Waals surface area contributed by atoms with Crippen LogP contribution in [-0.2, 0) is 22.8 Å². The molecule has 1 aliphatic heterocycles. The van der Waals surface area contributed by atoms with Gasteiger partial charge in [0.05, 0.1) is 22.3 Å². The van der Waals surface area contributed by atoms with E-state index in [1.54, 1.807) is 24.5 Å². The Balaban J connectivity index is 1.26. The first kappa shape index (κ1) is 29.1. The number of piperidine rings is 1. The smallest absolute Gasteiger partial charge is 0.184 e. The van der Waals surface area contributed by atoms with Gasteiger partial charge in [0.1, 0.15) is 32.7 Å². The molecule has 10 nitrogen and oxygen atoms in total. The molecule has 5 aromatic heterocycles. The minimum Gasteiger partial charge on any atom is -0.337 e. The van der Waals surface area contributed by atoms with E-state index in [0.717, 1.165) is 31.5 Å². The normalized spacial score (nSPS) is 14.5. The van der Waals surface area contributed by atoms with Crippen LogP contribution in [0.15, 0.2) is 55.1 Å². The van der Waals surface area contributed by atoms with Crippen molar-refractivity contribution in [2.75, 3.05) is 25.1 Å². The number of aryl methyl sites for hydroxylation is 1. The van der Waals surface area contributed by atoms with Crippen LogP contribution in [0.25, 0.3) is 56.0 Å². The van der Waals surface area contributed by atoms with Crippen molar-refractivity contribution >= 4 is 31.9 Å². The summed E-state index contributed by atoms with van der Waals surface area (Å²) in [5.74, 6) is -0.807. The van der Waals surface area contributed by atoms with Crippen molar-refractivity contribution in [3.8, 4) is 33.9 Å². The number of hydrogen-bond acceptors (Lipinski definition) is 8. The second-order valence-corrected chi connectivity index (χ2v) is 13.8. The number of pyridine rings is 3. The third kappa shape index (κ3) is 6.05. The summed E-state index contributed by atoms with van der Waals surface area (Å²) in [5, 5.41) is 7.28. The molecule has 1 saturated heterocycles. The van der Waals surface area contributed by atoms with Gasteiger partial charge in [-0.2, -0.15) is 5.10 Å². The molecule has 0 spiro atoms. The molecule has 0 unspecified atom stereocenters. The number of benzene rings is 1. The van der Waals surface area contributed by atoms with Gasteiger partial charge in [-0.25, -0.2) is 27.2 Å². The van der Waals surface area contributed by atoms with Gasteiger partial charge < -0.3 is 4.98 Å². The fraction of sp³-hybridized carbons (Fsp3) is 0.281. The summed E-state index contributed by atoms with van der Waals surface area (Å²) in [5.41, 5.74) is 4.85. The van der Waals surface area contributed by atoms with Gasteiger partial charge in [0, 0.05) is 54.3 Å². The standard InChI is InChI=1S/C32H30F2N8O2S/c1-45(43,44)10-6-19-11-21(14-23(33)13-19)28-29-25(5-7-36-28)38-32(39-29)30-26-27(34)24(17-37-31(26)41-40-30)22-12-20(15-35-16-22)18-42-8-3-2-4-9-42/h5,7,11-17H,2-4,6,8-10,18H2,1H3,(H,38,39)(H,37,40,41). The number of nitrogens with zero attached hydrogens (tertiary/aromatic N) is 6. The molecule has 1 fully saturated rings. The van der Waals surface area contributed by atoms with Gasteiger partial charge in [-0.05, 0) is 73.8 Å². The van der Waals surface area contributed by atoms with Crippen LogP contribution in [0.4, 0.5) is 8.78 Å². The molecule has 2 N–H and O–H groups in total. The Hall–Kier alpha value is -4.62. The lowest BCUT2D eigenvalue weighted by Gasteiger charge is -2.26. The van der Waals surface area contributed by atoms with Gasteiger partial charge in [0.2, 0.25) is 0 Å². The molecule has 230 valence electrons. The summed E-state index contributed by atoms with van der Waals surface area (Å²) < 4.78 is 54.3. The average molecular weight is 629 g/mol. The van der Waals surface area contributed by atoms with Crippen LogP contribution in [0, 0.1) is 11.6 Å². The lowest BCUT2D eigenvalue weighted by Crippen LogP contribution is -2.29. The van der Waals surface area contributed by atoms with E-state index in [-0.39, 0.29) is 23.2 Å². The van der Waals surface area contributed by atoms with Gasteiger partial charge in [0.25, 0.3) is 0 Å². The molecular formula is C32H30F2N8O2S. The van der Waals surface area contributed by atoms with Crippen LogP contribution in [0.3, 0.4) is 0 Å². The van der Waals surface area contributed by atoms with Crippen molar-refractivity contribution in [2.45, 2.75) is 32.2 Å². The zero-order valence-corrected chi connectivity index (χ0v) is 25.3. The molecule has 6 heterocycles. The van der Waals surface area contributed by atoms with Crippen LogP contribution >= 0.6 is 0 Å². The monoisotopic (exact) mass is 628 g/mol. The highest BCUT2D eigenvalue weighted by atomic mass is 32.2. The number of hydrogen-bond donors (Lipinski definition) is 2. The molecule has 1 aromatic carbocycles. The Kier molecular flexibility index (Phi) is 7.58. The van der Waals surface area contributed by atoms with Crippen LogP contribution in [0.2, 0.25) is 0 Å².